The molecule has 1 spiro atoms. The van der Waals surface area contributed by atoms with Crippen molar-refractivity contribution in [2.45, 2.75) is 50.6 Å². The van der Waals surface area contributed by atoms with Crippen LogP contribution in [-0.2, 0) is 4.79 Å². The topological polar surface area (TPSA) is 55.1 Å². The average Bonchev–Trinajstić information content (AvgIpc) is 2.81. The van der Waals surface area contributed by atoms with Gasteiger partial charge in [0.05, 0.1) is 0 Å². The molecule has 5 atom stereocenters. The highest BCUT2D eigenvalue weighted by atomic mass is 16.2. The Morgan fingerprint density at radius 2 is 2.00 bits per heavy atom. The van der Waals surface area contributed by atoms with Crippen LogP contribution in [0.3, 0.4) is 0 Å². The van der Waals surface area contributed by atoms with Crippen LogP contribution >= 0.6 is 0 Å². The second-order valence-electron chi connectivity index (χ2n) is 6.38. The fourth-order valence-electron chi connectivity index (χ4n) is 5.58. The molecular weight excluding hydrogens is 200 g/mol. The van der Waals surface area contributed by atoms with E-state index in [0.29, 0.717) is 35.1 Å². The second-order valence-corrected chi connectivity index (χ2v) is 6.38. The zero-order chi connectivity index (χ0) is 10.9. The van der Waals surface area contributed by atoms with Crippen molar-refractivity contribution < 1.29 is 4.79 Å². The molecule has 0 aromatic carbocycles. The molecular formula is C13H20N2O. The second kappa shape index (κ2) is 2.81. The standard InChI is InChI=1S/C13H20N2O/c14-10-8-6-7-9(11(10)15-12(7)16)13(8)4-2-1-3-5-13/h7-11H,1-6,14H2,(H,15,16). The average molecular weight is 220 g/mol. The van der Waals surface area contributed by atoms with Crippen molar-refractivity contribution in [1.29, 1.82) is 0 Å². The molecule has 3 aliphatic carbocycles. The Morgan fingerprint density at radius 1 is 1.25 bits per heavy atom. The van der Waals surface area contributed by atoms with Crippen LogP contribution in [0.15, 0.2) is 0 Å². The molecule has 3 saturated carbocycles. The summed E-state index contributed by atoms with van der Waals surface area (Å²) >= 11 is 0. The van der Waals surface area contributed by atoms with E-state index in [2.05, 4.69) is 5.32 Å². The van der Waals surface area contributed by atoms with Gasteiger partial charge in [0, 0.05) is 18.0 Å². The Morgan fingerprint density at radius 3 is 2.75 bits per heavy atom. The Labute approximate surface area is 96.1 Å². The van der Waals surface area contributed by atoms with Crippen molar-refractivity contribution in [3.05, 3.63) is 0 Å². The third-order valence-corrected chi connectivity index (χ3v) is 6.04. The van der Waals surface area contributed by atoms with Crippen molar-refractivity contribution in [2.75, 3.05) is 0 Å². The Bertz CT molecular complexity index is 348. The summed E-state index contributed by atoms with van der Waals surface area (Å²) in [5, 5.41) is 3.16. The van der Waals surface area contributed by atoms with Crippen molar-refractivity contribution >= 4 is 5.91 Å². The largest absolute Gasteiger partial charge is 0.351 e. The Balaban J connectivity index is 1.79. The Kier molecular flexibility index (Phi) is 1.66. The third kappa shape index (κ3) is 0.849. The van der Waals surface area contributed by atoms with Gasteiger partial charge in [-0.2, -0.15) is 0 Å². The number of hydrogen-bond donors (Lipinski definition) is 2. The lowest BCUT2D eigenvalue weighted by atomic mass is 9.66. The molecule has 1 aliphatic heterocycles. The maximum atomic E-state index is 11.9. The molecule has 3 N–H and O–H groups in total. The van der Waals surface area contributed by atoms with Gasteiger partial charge in [-0.1, -0.05) is 19.3 Å². The summed E-state index contributed by atoms with van der Waals surface area (Å²) < 4.78 is 0. The lowest BCUT2D eigenvalue weighted by molar-refractivity contribution is -0.122. The molecule has 0 radical (unpaired) electrons. The summed E-state index contributed by atoms with van der Waals surface area (Å²) in [5.41, 5.74) is 6.80. The Hall–Kier alpha value is -0.570. The predicted octanol–water partition coefficient (Wildman–Crippen LogP) is 1.03. The molecule has 2 bridgehead atoms. The fourth-order valence-corrected chi connectivity index (χ4v) is 5.58. The van der Waals surface area contributed by atoms with Crippen LogP contribution in [0, 0.1) is 23.2 Å². The van der Waals surface area contributed by atoms with Gasteiger partial charge in [0.2, 0.25) is 5.91 Å². The minimum absolute atomic E-state index is 0.241. The number of carbonyl (C=O) groups excluding carboxylic acids is 1. The van der Waals surface area contributed by atoms with E-state index in [-0.39, 0.29) is 6.04 Å². The van der Waals surface area contributed by atoms with Gasteiger partial charge in [-0.05, 0) is 36.5 Å². The van der Waals surface area contributed by atoms with E-state index in [9.17, 15) is 4.79 Å². The van der Waals surface area contributed by atoms with E-state index < -0.39 is 0 Å². The minimum atomic E-state index is 0.241. The molecule has 1 saturated heterocycles. The van der Waals surface area contributed by atoms with Gasteiger partial charge in [0.1, 0.15) is 0 Å². The molecule has 16 heavy (non-hydrogen) atoms. The molecule has 4 aliphatic rings. The molecule has 5 unspecified atom stereocenters. The van der Waals surface area contributed by atoms with Crippen molar-refractivity contribution in [2.24, 2.45) is 28.9 Å². The van der Waals surface area contributed by atoms with Crippen LogP contribution < -0.4 is 11.1 Å². The van der Waals surface area contributed by atoms with E-state index in [1.807, 2.05) is 0 Å². The van der Waals surface area contributed by atoms with Crippen LogP contribution in [0.5, 0.6) is 0 Å². The highest BCUT2D eigenvalue weighted by molar-refractivity contribution is 5.83. The minimum Gasteiger partial charge on any atom is -0.351 e. The maximum Gasteiger partial charge on any atom is 0.223 e. The van der Waals surface area contributed by atoms with Gasteiger partial charge in [-0.25, -0.2) is 0 Å². The zero-order valence-electron chi connectivity index (χ0n) is 9.61. The first-order valence-corrected chi connectivity index (χ1v) is 6.80. The molecule has 0 aromatic rings. The van der Waals surface area contributed by atoms with Crippen LogP contribution in [0.1, 0.15) is 38.5 Å². The van der Waals surface area contributed by atoms with Crippen LogP contribution in [0.2, 0.25) is 0 Å². The lowest BCUT2D eigenvalue weighted by Crippen LogP contribution is -2.44. The smallest absolute Gasteiger partial charge is 0.223 e. The number of rotatable bonds is 0. The quantitative estimate of drug-likeness (QED) is 0.640. The molecule has 88 valence electrons. The highest BCUT2D eigenvalue weighted by Gasteiger charge is 2.70. The van der Waals surface area contributed by atoms with E-state index in [1.165, 1.54) is 32.1 Å². The summed E-state index contributed by atoms with van der Waals surface area (Å²) in [6.45, 7) is 0. The van der Waals surface area contributed by atoms with E-state index in [0.717, 1.165) is 6.42 Å². The number of nitrogens with one attached hydrogen (secondary N) is 1. The molecule has 1 amide bonds. The van der Waals surface area contributed by atoms with Gasteiger partial charge < -0.3 is 11.1 Å². The first kappa shape index (κ1) is 9.46. The first-order valence-electron chi connectivity index (χ1n) is 6.80. The van der Waals surface area contributed by atoms with Crippen molar-refractivity contribution in [3.63, 3.8) is 0 Å². The zero-order valence-corrected chi connectivity index (χ0v) is 9.61. The number of amides is 1. The van der Waals surface area contributed by atoms with Crippen molar-refractivity contribution in [1.82, 2.24) is 5.32 Å². The van der Waals surface area contributed by atoms with E-state index in [4.69, 9.17) is 5.73 Å². The lowest BCUT2D eigenvalue weighted by Gasteiger charge is -2.38. The van der Waals surface area contributed by atoms with Gasteiger partial charge >= 0.3 is 0 Å². The van der Waals surface area contributed by atoms with Gasteiger partial charge in [-0.3, -0.25) is 4.79 Å². The summed E-state index contributed by atoms with van der Waals surface area (Å²) in [4.78, 5) is 11.9. The normalized spacial score (nSPS) is 52.3. The van der Waals surface area contributed by atoms with E-state index >= 15 is 0 Å². The molecule has 4 fully saturated rings. The predicted molar refractivity (Wildman–Crippen MR) is 60.5 cm³/mol. The number of nitrogens with two attached hydrogens (primary N) is 1. The molecule has 3 heteroatoms. The molecule has 0 aromatic heterocycles. The number of carbonyl (C=O) groups is 1. The maximum absolute atomic E-state index is 11.9. The molecule has 4 rings (SSSR count). The highest BCUT2D eigenvalue weighted by Crippen LogP contribution is 2.67. The van der Waals surface area contributed by atoms with Gasteiger partial charge in [0.25, 0.3) is 0 Å². The summed E-state index contributed by atoms with van der Waals surface area (Å²) in [6, 6.07) is 0.556. The summed E-state index contributed by atoms with van der Waals surface area (Å²) in [7, 11) is 0. The summed E-state index contributed by atoms with van der Waals surface area (Å²) in [6.07, 6.45) is 7.83. The monoisotopic (exact) mass is 220 g/mol. The van der Waals surface area contributed by atoms with Crippen LogP contribution in [0.4, 0.5) is 0 Å². The van der Waals surface area contributed by atoms with Gasteiger partial charge in [0.15, 0.2) is 0 Å². The third-order valence-electron chi connectivity index (χ3n) is 6.04. The SMILES string of the molecule is NC1C2NC(=O)C3CC1C1(CCCCC1)C32. The van der Waals surface area contributed by atoms with Crippen LogP contribution in [0.25, 0.3) is 0 Å². The number of hydrogen-bond acceptors (Lipinski definition) is 2. The molecule has 1 heterocycles. The van der Waals surface area contributed by atoms with Gasteiger partial charge in [-0.15, -0.1) is 0 Å². The van der Waals surface area contributed by atoms with Crippen molar-refractivity contribution in [3.8, 4) is 0 Å². The van der Waals surface area contributed by atoms with Crippen LogP contribution in [-0.4, -0.2) is 18.0 Å². The fraction of sp³-hybridized carbons (Fsp3) is 0.923. The first-order chi connectivity index (χ1) is 7.74. The summed E-state index contributed by atoms with van der Waals surface area (Å²) in [5.74, 6) is 1.83. The molecule has 3 nitrogen and oxygen atoms in total. The van der Waals surface area contributed by atoms with E-state index in [1.54, 1.807) is 0 Å².